The van der Waals surface area contributed by atoms with Crippen LogP contribution in [-0.2, 0) is 4.79 Å². The Bertz CT molecular complexity index is 158. The van der Waals surface area contributed by atoms with E-state index in [1.165, 1.54) is 0 Å². The van der Waals surface area contributed by atoms with Crippen LogP contribution in [-0.4, -0.2) is 17.1 Å². The monoisotopic (exact) mass is 157 g/mol. The van der Waals surface area contributed by atoms with Crippen molar-refractivity contribution in [3.8, 4) is 0 Å². The molecule has 11 heavy (non-hydrogen) atoms. The minimum atomic E-state index is -0.728. The van der Waals surface area contributed by atoms with E-state index in [1.54, 1.807) is 0 Å². The van der Waals surface area contributed by atoms with E-state index in [4.69, 9.17) is 10.8 Å². The van der Waals surface area contributed by atoms with Gasteiger partial charge in [0.1, 0.15) is 0 Å². The third-order valence-corrected chi connectivity index (χ3v) is 2.60. The lowest BCUT2D eigenvalue weighted by molar-refractivity contribution is -0.141. The van der Waals surface area contributed by atoms with Crippen molar-refractivity contribution in [1.29, 1.82) is 0 Å². The SMILES string of the molecule is CC[C@@H]1C[C@H](N)[C@H](C(=O)O)C1. The lowest BCUT2D eigenvalue weighted by Crippen LogP contribution is -2.30. The van der Waals surface area contributed by atoms with Crippen LogP contribution in [0.1, 0.15) is 26.2 Å². The fraction of sp³-hybridized carbons (Fsp3) is 0.875. The van der Waals surface area contributed by atoms with Crippen LogP contribution in [0.3, 0.4) is 0 Å². The molecule has 1 rings (SSSR count). The van der Waals surface area contributed by atoms with Gasteiger partial charge in [0.25, 0.3) is 0 Å². The molecule has 3 heteroatoms. The molecule has 1 aliphatic carbocycles. The highest BCUT2D eigenvalue weighted by atomic mass is 16.4. The first-order valence-corrected chi connectivity index (χ1v) is 4.13. The zero-order valence-electron chi connectivity index (χ0n) is 6.79. The molecule has 0 heterocycles. The Morgan fingerprint density at radius 3 is 2.55 bits per heavy atom. The van der Waals surface area contributed by atoms with Gasteiger partial charge in [-0.1, -0.05) is 13.3 Å². The van der Waals surface area contributed by atoms with E-state index in [2.05, 4.69) is 6.92 Å². The van der Waals surface area contributed by atoms with Crippen molar-refractivity contribution >= 4 is 5.97 Å². The number of hydrogen-bond donors (Lipinski definition) is 2. The molecule has 0 aromatic carbocycles. The average molecular weight is 157 g/mol. The predicted molar refractivity (Wildman–Crippen MR) is 42.1 cm³/mol. The van der Waals surface area contributed by atoms with Crippen molar-refractivity contribution in [3.05, 3.63) is 0 Å². The third kappa shape index (κ3) is 1.71. The largest absolute Gasteiger partial charge is 0.481 e. The molecule has 64 valence electrons. The molecule has 3 nitrogen and oxygen atoms in total. The highest BCUT2D eigenvalue weighted by Crippen LogP contribution is 2.31. The van der Waals surface area contributed by atoms with Crippen molar-refractivity contribution in [2.75, 3.05) is 0 Å². The van der Waals surface area contributed by atoms with Gasteiger partial charge in [0, 0.05) is 6.04 Å². The van der Waals surface area contributed by atoms with Crippen molar-refractivity contribution < 1.29 is 9.90 Å². The Morgan fingerprint density at radius 1 is 1.64 bits per heavy atom. The van der Waals surface area contributed by atoms with Crippen molar-refractivity contribution in [2.24, 2.45) is 17.6 Å². The number of hydrogen-bond acceptors (Lipinski definition) is 2. The van der Waals surface area contributed by atoms with Gasteiger partial charge in [0.15, 0.2) is 0 Å². The Morgan fingerprint density at radius 2 is 2.27 bits per heavy atom. The highest BCUT2D eigenvalue weighted by Gasteiger charge is 2.35. The maximum Gasteiger partial charge on any atom is 0.308 e. The molecule has 0 radical (unpaired) electrons. The van der Waals surface area contributed by atoms with Crippen LogP contribution in [0.5, 0.6) is 0 Å². The second kappa shape index (κ2) is 3.22. The van der Waals surface area contributed by atoms with E-state index < -0.39 is 5.97 Å². The first-order valence-electron chi connectivity index (χ1n) is 4.13. The minimum Gasteiger partial charge on any atom is -0.481 e. The molecule has 0 bridgehead atoms. The van der Waals surface area contributed by atoms with E-state index in [1.807, 2.05) is 0 Å². The molecular formula is C8H15NO2. The summed E-state index contributed by atoms with van der Waals surface area (Å²) < 4.78 is 0. The molecule has 3 N–H and O–H groups in total. The van der Waals surface area contributed by atoms with Crippen molar-refractivity contribution in [2.45, 2.75) is 32.2 Å². The molecule has 0 aromatic heterocycles. The normalized spacial score (nSPS) is 37.5. The summed E-state index contributed by atoms with van der Waals surface area (Å²) in [5.74, 6) is -0.487. The van der Waals surface area contributed by atoms with Crippen LogP contribution in [0.25, 0.3) is 0 Å². The van der Waals surface area contributed by atoms with Crippen LogP contribution in [0, 0.1) is 11.8 Å². The maximum absolute atomic E-state index is 10.6. The van der Waals surface area contributed by atoms with Crippen molar-refractivity contribution in [1.82, 2.24) is 0 Å². The van der Waals surface area contributed by atoms with E-state index in [0.29, 0.717) is 5.92 Å². The molecule has 0 spiro atoms. The Kier molecular flexibility index (Phi) is 2.49. The van der Waals surface area contributed by atoms with Crippen LogP contribution in [0.2, 0.25) is 0 Å². The lowest BCUT2D eigenvalue weighted by atomic mass is 10.0. The summed E-state index contributed by atoms with van der Waals surface area (Å²) in [6.07, 6.45) is 2.71. The number of aliphatic carboxylic acids is 1. The molecule has 0 saturated heterocycles. The van der Waals surface area contributed by atoms with Gasteiger partial charge in [-0.15, -0.1) is 0 Å². The van der Waals surface area contributed by atoms with Crippen LogP contribution >= 0.6 is 0 Å². The summed E-state index contributed by atoms with van der Waals surface area (Å²) in [5.41, 5.74) is 5.67. The standard InChI is InChI=1S/C8H15NO2/c1-2-5-3-6(8(10)11)7(9)4-5/h5-7H,2-4,9H2,1H3,(H,10,11)/t5-,6+,7-/m0/s1. The highest BCUT2D eigenvalue weighted by molar-refractivity contribution is 5.71. The van der Waals surface area contributed by atoms with Gasteiger partial charge in [0.05, 0.1) is 5.92 Å². The Hall–Kier alpha value is -0.570. The summed E-state index contributed by atoms with van der Waals surface area (Å²) in [5, 5.41) is 8.72. The van der Waals surface area contributed by atoms with Gasteiger partial charge in [-0.05, 0) is 18.8 Å². The summed E-state index contributed by atoms with van der Waals surface area (Å²) in [6.45, 7) is 2.08. The Balaban J connectivity index is 2.51. The summed E-state index contributed by atoms with van der Waals surface area (Å²) in [7, 11) is 0. The molecule has 0 amide bonds. The second-order valence-corrected chi connectivity index (χ2v) is 3.35. The molecule has 0 unspecified atom stereocenters. The fourth-order valence-corrected chi connectivity index (χ4v) is 1.80. The molecule has 3 atom stereocenters. The second-order valence-electron chi connectivity index (χ2n) is 3.35. The quantitative estimate of drug-likeness (QED) is 0.624. The number of carboxylic acids is 1. The number of carboxylic acid groups (broad SMARTS) is 1. The third-order valence-electron chi connectivity index (χ3n) is 2.60. The van der Waals surface area contributed by atoms with Crippen molar-refractivity contribution in [3.63, 3.8) is 0 Å². The minimum absolute atomic E-state index is 0.113. The number of carbonyl (C=O) groups is 1. The molecule has 1 aliphatic rings. The lowest BCUT2D eigenvalue weighted by Gasteiger charge is -2.07. The Labute approximate surface area is 66.6 Å². The molecule has 1 saturated carbocycles. The van der Waals surface area contributed by atoms with Crippen LogP contribution < -0.4 is 5.73 Å². The predicted octanol–water partition coefficient (Wildman–Crippen LogP) is 0.834. The van der Waals surface area contributed by atoms with Gasteiger partial charge >= 0.3 is 5.97 Å². The summed E-state index contributed by atoms with van der Waals surface area (Å²) in [4.78, 5) is 10.6. The number of rotatable bonds is 2. The molecular weight excluding hydrogens is 142 g/mol. The molecule has 0 aliphatic heterocycles. The summed E-state index contributed by atoms with van der Waals surface area (Å²) in [6, 6.07) is -0.113. The van der Waals surface area contributed by atoms with E-state index >= 15 is 0 Å². The molecule has 0 aromatic rings. The van der Waals surface area contributed by atoms with E-state index in [-0.39, 0.29) is 12.0 Å². The van der Waals surface area contributed by atoms with Gasteiger partial charge in [-0.3, -0.25) is 4.79 Å². The van der Waals surface area contributed by atoms with E-state index in [0.717, 1.165) is 19.3 Å². The summed E-state index contributed by atoms with van der Waals surface area (Å²) >= 11 is 0. The zero-order valence-corrected chi connectivity index (χ0v) is 6.79. The van der Waals surface area contributed by atoms with Crippen LogP contribution in [0.4, 0.5) is 0 Å². The number of nitrogens with two attached hydrogens (primary N) is 1. The fourth-order valence-electron chi connectivity index (χ4n) is 1.80. The average Bonchev–Trinajstić information content (AvgIpc) is 2.30. The van der Waals surface area contributed by atoms with Gasteiger partial charge in [-0.2, -0.15) is 0 Å². The van der Waals surface area contributed by atoms with Gasteiger partial charge in [0.2, 0.25) is 0 Å². The first kappa shape index (κ1) is 8.53. The van der Waals surface area contributed by atoms with Crippen LogP contribution in [0.15, 0.2) is 0 Å². The molecule has 1 fully saturated rings. The topological polar surface area (TPSA) is 63.3 Å². The zero-order chi connectivity index (χ0) is 8.43. The van der Waals surface area contributed by atoms with Gasteiger partial charge < -0.3 is 10.8 Å². The van der Waals surface area contributed by atoms with Gasteiger partial charge in [-0.25, -0.2) is 0 Å². The smallest absolute Gasteiger partial charge is 0.308 e. The van der Waals surface area contributed by atoms with E-state index in [9.17, 15) is 4.79 Å². The maximum atomic E-state index is 10.6. The first-order chi connectivity index (χ1) is 5.15.